The third kappa shape index (κ3) is 8.63. The summed E-state index contributed by atoms with van der Waals surface area (Å²) in [5.74, 6) is 0. The molecule has 0 unspecified atom stereocenters. The van der Waals surface area contributed by atoms with Crippen LogP contribution in [0.5, 0.6) is 0 Å². The molecule has 1 fully saturated rings. The molecule has 1 radical (unpaired) electrons. The van der Waals surface area contributed by atoms with Crippen molar-refractivity contribution in [3.8, 4) is 0 Å². The van der Waals surface area contributed by atoms with E-state index in [1.807, 2.05) is 0 Å². The predicted molar refractivity (Wildman–Crippen MR) is 69.4 cm³/mol. The van der Waals surface area contributed by atoms with Crippen LogP contribution in [0.25, 0.3) is 0 Å². The molecule has 5 heteroatoms. The van der Waals surface area contributed by atoms with E-state index in [0.29, 0.717) is 0 Å². The Labute approximate surface area is 132 Å². The smallest absolute Gasteiger partial charge is 0.0107 e. The predicted octanol–water partition coefficient (Wildman–Crippen LogP) is -0.114. The first-order valence-electron chi connectivity index (χ1n) is 6.19. The van der Waals surface area contributed by atoms with Crippen molar-refractivity contribution in [2.24, 2.45) is 0 Å². The number of hydrogen-bond donors (Lipinski definition) is 0. The summed E-state index contributed by atoms with van der Waals surface area (Å²) in [6.07, 6.45) is 0. The topological polar surface area (TPSA) is 13.0 Å². The molecule has 0 amide bonds. The summed E-state index contributed by atoms with van der Waals surface area (Å²) in [5, 5.41) is 0. The molecule has 0 bridgehead atoms. The van der Waals surface area contributed by atoms with Crippen molar-refractivity contribution < 1.29 is 32.7 Å². The van der Waals surface area contributed by atoms with E-state index in [9.17, 15) is 0 Å². The Kier molecular flexibility index (Phi) is 10.4. The fourth-order valence-electron chi connectivity index (χ4n) is 1.75. The standard InChI is InChI=1S/C12H27N4.Y/c1-13-5-7-14(2)9-11-16(4)12-10-15(3)8-6-13;/h1,5-12H2,2-4H3;/q-1;. The molecule has 1 heterocycles. The average molecular weight is 316 g/mol. The van der Waals surface area contributed by atoms with Crippen LogP contribution in [-0.2, 0) is 32.7 Å². The van der Waals surface area contributed by atoms with E-state index in [2.05, 4.69) is 47.8 Å². The maximum atomic E-state index is 4.08. The maximum absolute atomic E-state index is 4.08. The monoisotopic (exact) mass is 316 g/mol. The minimum atomic E-state index is 0. The number of likely N-dealkylation sites (N-methyl/N-ethyl adjacent to an activating group) is 3. The van der Waals surface area contributed by atoms with Gasteiger partial charge in [-0.3, -0.25) is 7.05 Å². The molecule has 0 N–H and O–H groups in total. The molecule has 17 heavy (non-hydrogen) atoms. The van der Waals surface area contributed by atoms with E-state index in [1.54, 1.807) is 0 Å². The molecular weight excluding hydrogens is 289 g/mol. The molecular formula is C12H27N4Y-. The molecule has 1 aliphatic heterocycles. The molecule has 0 atom stereocenters. The molecule has 1 rings (SSSR count). The Morgan fingerprint density at radius 3 is 1.12 bits per heavy atom. The van der Waals surface area contributed by atoms with Gasteiger partial charge in [-0.15, -0.1) is 0 Å². The molecule has 1 aliphatic rings. The van der Waals surface area contributed by atoms with E-state index in [1.165, 1.54) is 0 Å². The van der Waals surface area contributed by atoms with Crippen molar-refractivity contribution in [3.05, 3.63) is 7.05 Å². The van der Waals surface area contributed by atoms with Crippen LogP contribution in [0.3, 0.4) is 0 Å². The summed E-state index contributed by atoms with van der Waals surface area (Å²) < 4.78 is 0. The van der Waals surface area contributed by atoms with E-state index in [0.717, 1.165) is 52.4 Å². The Bertz CT molecular complexity index is 135. The number of rotatable bonds is 0. The molecule has 0 aromatic carbocycles. The van der Waals surface area contributed by atoms with Crippen molar-refractivity contribution >= 4 is 0 Å². The zero-order valence-electron chi connectivity index (χ0n) is 11.7. The van der Waals surface area contributed by atoms with Crippen LogP contribution < -0.4 is 0 Å². The molecule has 0 spiro atoms. The summed E-state index contributed by atoms with van der Waals surface area (Å²) in [7, 11) is 10.7. The molecule has 1 saturated heterocycles. The van der Waals surface area contributed by atoms with Crippen LogP contribution in [0.2, 0.25) is 0 Å². The van der Waals surface area contributed by atoms with Crippen LogP contribution in [0.4, 0.5) is 0 Å². The van der Waals surface area contributed by atoms with Crippen molar-refractivity contribution in [1.29, 1.82) is 0 Å². The first-order valence-corrected chi connectivity index (χ1v) is 6.19. The van der Waals surface area contributed by atoms with Crippen molar-refractivity contribution in [2.45, 2.75) is 0 Å². The van der Waals surface area contributed by atoms with Gasteiger partial charge in [0.1, 0.15) is 0 Å². The van der Waals surface area contributed by atoms with Crippen molar-refractivity contribution in [3.63, 3.8) is 0 Å². The first kappa shape index (κ1) is 17.9. The molecule has 0 aromatic heterocycles. The molecule has 0 aliphatic carbocycles. The van der Waals surface area contributed by atoms with Gasteiger partial charge in [-0.05, 0) is 34.2 Å². The van der Waals surface area contributed by atoms with Gasteiger partial charge < -0.3 is 19.6 Å². The molecule has 0 aromatic rings. The van der Waals surface area contributed by atoms with Crippen molar-refractivity contribution in [1.82, 2.24) is 19.6 Å². The van der Waals surface area contributed by atoms with Crippen LogP contribution in [0, 0.1) is 7.05 Å². The quantitative estimate of drug-likeness (QED) is 0.578. The van der Waals surface area contributed by atoms with Gasteiger partial charge in [-0.1, -0.05) is 0 Å². The third-order valence-corrected chi connectivity index (χ3v) is 3.32. The minimum Gasteiger partial charge on any atom is -0.457 e. The number of nitrogens with zero attached hydrogens (tertiary/aromatic N) is 4. The van der Waals surface area contributed by atoms with E-state index in [-0.39, 0.29) is 32.7 Å². The van der Waals surface area contributed by atoms with Gasteiger partial charge in [0.25, 0.3) is 0 Å². The average Bonchev–Trinajstić information content (AvgIpc) is 2.27. The minimum absolute atomic E-state index is 0. The summed E-state index contributed by atoms with van der Waals surface area (Å²) in [6, 6.07) is 0. The van der Waals surface area contributed by atoms with Gasteiger partial charge in [0.2, 0.25) is 0 Å². The zero-order chi connectivity index (χ0) is 12.0. The Morgan fingerprint density at radius 1 is 0.588 bits per heavy atom. The molecule has 4 nitrogen and oxygen atoms in total. The van der Waals surface area contributed by atoms with Gasteiger partial charge in [-0.2, -0.15) is 0 Å². The fraction of sp³-hybridized carbons (Fsp3) is 0.917. The zero-order valence-corrected chi connectivity index (χ0v) is 14.6. The largest absolute Gasteiger partial charge is 0.457 e. The SMILES string of the molecule is [CH2-]N1CCN(C)CCN(C)CCN(C)CC1.[Y]. The Morgan fingerprint density at radius 2 is 0.824 bits per heavy atom. The maximum Gasteiger partial charge on any atom is 0.0107 e. The summed E-state index contributed by atoms with van der Waals surface area (Å²) in [4.78, 5) is 9.37. The molecule has 99 valence electrons. The van der Waals surface area contributed by atoms with Crippen LogP contribution in [0.1, 0.15) is 0 Å². The molecule has 0 saturated carbocycles. The summed E-state index contributed by atoms with van der Waals surface area (Å²) >= 11 is 0. The van der Waals surface area contributed by atoms with Crippen molar-refractivity contribution in [2.75, 3.05) is 73.5 Å². The first-order chi connectivity index (χ1) is 7.58. The van der Waals surface area contributed by atoms with E-state index >= 15 is 0 Å². The Balaban J connectivity index is 0.00000256. The van der Waals surface area contributed by atoms with Crippen LogP contribution in [-0.4, -0.2) is 93.1 Å². The van der Waals surface area contributed by atoms with Gasteiger partial charge in [0, 0.05) is 72.0 Å². The van der Waals surface area contributed by atoms with Gasteiger partial charge in [0.05, 0.1) is 0 Å². The Hall–Kier alpha value is 0.944. The number of hydrogen-bond acceptors (Lipinski definition) is 4. The normalized spacial score (nSPS) is 24.7. The van der Waals surface area contributed by atoms with Gasteiger partial charge in [0.15, 0.2) is 0 Å². The van der Waals surface area contributed by atoms with E-state index < -0.39 is 0 Å². The second-order valence-corrected chi connectivity index (χ2v) is 5.03. The van der Waals surface area contributed by atoms with Crippen LogP contribution in [0.15, 0.2) is 0 Å². The van der Waals surface area contributed by atoms with E-state index in [4.69, 9.17) is 0 Å². The summed E-state index contributed by atoms with van der Waals surface area (Å²) in [5.41, 5.74) is 0. The second kappa shape index (κ2) is 9.82. The fourth-order valence-corrected chi connectivity index (χ4v) is 1.75. The third-order valence-electron chi connectivity index (χ3n) is 3.32. The van der Waals surface area contributed by atoms with Crippen LogP contribution >= 0.6 is 0 Å². The summed E-state index contributed by atoms with van der Waals surface area (Å²) in [6.45, 7) is 8.95. The van der Waals surface area contributed by atoms with Gasteiger partial charge in [-0.25, -0.2) is 0 Å². The second-order valence-electron chi connectivity index (χ2n) is 5.03. The van der Waals surface area contributed by atoms with Gasteiger partial charge >= 0.3 is 0 Å².